The van der Waals surface area contributed by atoms with Crippen LogP contribution >= 0.6 is 0 Å². The molecule has 2 atom stereocenters. The first-order chi connectivity index (χ1) is 10.9. The Morgan fingerprint density at radius 2 is 2.26 bits per heavy atom. The number of carbonyl (C=O) groups is 1. The predicted molar refractivity (Wildman–Crippen MR) is 84.7 cm³/mol. The van der Waals surface area contributed by atoms with Crippen molar-refractivity contribution >= 4 is 15.9 Å². The van der Waals surface area contributed by atoms with Crippen LogP contribution in [0, 0.1) is 5.92 Å². The van der Waals surface area contributed by atoms with E-state index in [2.05, 4.69) is 15.5 Å². The second-order valence-corrected chi connectivity index (χ2v) is 8.77. The summed E-state index contributed by atoms with van der Waals surface area (Å²) in [5, 5.41) is 10.9. The Morgan fingerprint density at radius 3 is 2.91 bits per heavy atom. The van der Waals surface area contributed by atoms with Gasteiger partial charge in [-0.2, -0.15) is 0 Å². The van der Waals surface area contributed by atoms with Gasteiger partial charge in [0, 0.05) is 32.6 Å². The van der Waals surface area contributed by atoms with Crippen LogP contribution in [0.5, 0.6) is 0 Å². The van der Waals surface area contributed by atoms with Gasteiger partial charge < -0.3 is 14.8 Å². The van der Waals surface area contributed by atoms with Gasteiger partial charge in [0.05, 0.1) is 11.5 Å². The average Bonchev–Trinajstić information content (AvgIpc) is 3.10. The Labute approximate surface area is 136 Å². The molecule has 2 saturated heterocycles. The topological polar surface area (TPSA) is 97.2 Å². The van der Waals surface area contributed by atoms with Gasteiger partial charge in [-0.05, 0) is 25.2 Å². The Bertz CT molecular complexity index is 672. The van der Waals surface area contributed by atoms with E-state index in [-0.39, 0.29) is 29.4 Å². The van der Waals surface area contributed by atoms with Gasteiger partial charge in [0.2, 0.25) is 0 Å². The number of sulfone groups is 1. The molecule has 0 aromatic carbocycles. The van der Waals surface area contributed by atoms with Crippen molar-refractivity contribution in [3.63, 3.8) is 0 Å². The van der Waals surface area contributed by atoms with Gasteiger partial charge in [0.1, 0.15) is 12.2 Å². The SMILES string of the molecule is Cn1cnnc1[C@H]1CCCN(C(=O)NC[C@H]2CCS(=O)(=O)C2)C1. The highest BCUT2D eigenvalue weighted by Crippen LogP contribution is 2.25. The fraction of sp³-hybridized carbons (Fsp3) is 0.786. The van der Waals surface area contributed by atoms with Crippen molar-refractivity contribution in [3.8, 4) is 0 Å². The molecule has 0 spiro atoms. The van der Waals surface area contributed by atoms with E-state index >= 15 is 0 Å². The van der Waals surface area contributed by atoms with Crippen LogP contribution in [0.1, 0.15) is 31.0 Å². The lowest BCUT2D eigenvalue weighted by molar-refractivity contribution is 0.176. The minimum absolute atomic E-state index is 0.0447. The Balaban J connectivity index is 1.52. The molecule has 128 valence electrons. The summed E-state index contributed by atoms with van der Waals surface area (Å²) in [5.41, 5.74) is 0. The minimum atomic E-state index is -2.89. The number of piperidine rings is 1. The van der Waals surface area contributed by atoms with Crippen molar-refractivity contribution in [2.45, 2.75) is 25.2 Å². The first-order valence-electron chi connectivity index (χ1n) is 8.02. The molecule has 8 nitrogen and oxygen atoms in total. The third-order valence-electron chi connectivity index (χ3n) is 4.69. The van der Waals surface area contributed by atoms with Gasteiger partial charge in [-0.1, -0.05) is 0 Å². The smallest absolute Gasteiger partial charge is 0.317 e. The van der Waals surface area contributed by atoms with Crippen LogP contribution in [0.4, 0.5) is 4.79 Å². The van der Waals surface area contributed by atoms with E-state index < -0.39 is 9.84 Å². The van der Waals surface area contributed by atoms with E-state index in [1.54, 1.807) is 11.2 Å². The van der Waals surface area contributed by atoms with Gasteiger partial charge in [-0.15, -0.1) is 10.2 Å². The van der Waals surface area contributed by atoms with Crippen LogP contribution in [0.2, 0.25) is 0 Å². The van der Waals surface area contributed by atoms with Gasteiger partial charge in [0.15, 0.2) is 9.84 Å². The first-order valence-corrected chi connectivity index (χ1v) is 9.84. The maximum absolute atomic E-state index is 12.3. The molecule has 1 N–H and O–H groups in total. The van der Waals surface area contributed by atoms with Crippen LogP contribution in [0.25, 0.3) is 0 Å². The molecule has 9 heteroatoms. The van der Waals surface area contributed by atoms with Crippen LogP contribution in [-0.4, -0.2) is 65.3 Å². The maximum atomic E-state index is 12.3. The maximum Gasteiger partial charge on any atom is 0.317 e. The van der Waals surface area contributed by atoms with Crippen molar-refractivity contribution < 1.29 is 13.2 Å². The largest absolute Gasteiger partial charge is 0.338 e. The van der Waals surface area contributed by atoms with Gasteiger partial charge >= 0.3 is 6.03 Å². The molecule has 0 bridgehead atoms. The quantitative estimate of drug-likeness (QED) is 0.843. The number of likely N-dealkylation sites (tertiary alicyclic amines) is 1. The summed E-state index contributed by atoms with van der Waals surface area (Å²) in [6, 6.07) is -0.110. The number of urea groups is 1. The molecule has 2 fully saturated rings. The molecule has 0 saturated carbocycles. The molecule has 1 aromatic rings. The van der Waals surface area contributed by atoms with E-state index in [1.165, 1.54) is 0 Å². The second-order valence-electron chi connectivity index (χ2n) is 6.54. The summed E-state index contributed by atoms with van der Waals surface area (Å²) >= 11 is 0. The van der Waals surface area contributed by atoms with Crippen LogP contribution < -0.4 is 5.32 Å². The van der Waals surface area contributed by atoms with Gasteiger partial charge in [-0.25, -0.2) is 13.2 Å². The molecule has 3 heterocycles. The molecule has 3 rings (SSSR count). The fourth-order valence-corrected chi connectivity index (χ4v) is 5.27. The minimum Gasteiger partial charge on any atom is -0.338 e. The van der Waals surface area contributed by atoms with Gasteiger partial charge in [-0.3, -0.25) is 0 Å². The molecule has 0 unspecified atom stereocenters. The van der Waals surface area contributed by atoms with Crippen LogP contribution in [0.15, 0.2) is 6.33 Å². The molecular formula is C14H23N5O3S. The highest BCUT2D eigenvalue weighted by molar-refractivity contribution is 7.91. The number of aromatic nitrogens is 3. The molecule has 0 aliphatic carbocycles. The second kappa shape index (κ2) is 6.46. The number of aryl methyl sites for hydroxylation is 1. The Hall–Kier alpha value is -1.64. The molecule has 0 radical (unpaired) electrons. The highest BCUT2D eigenvalue weighted by Gasteiger charge is 2.30. The lowest BCUT2D eigenvalue weighted by Gasteiger charge is -2.32. The van der Waals surface area contributed by atoms with Crippen molar-refractivity contribution in [1.29, 1.82) is 0 Å². The van der Waals surface area contributed by atoms with Crippen molar-refractivity contribution in [2.75, 3.05) is 31.1 Å². The zero-order valence-electron chi connectivity index (χ0n) is 13.3. The van der Waals surface area contributed by atoms with E-state index in [0.717, 1.165) is 25.2 Å². The molecular weight excluding hydrogens is 318 g/mol. The number of rotatable bonds is 3. The zero-order chi connectivity index (χ0) is 16.4. The summed E-state index contributed by atoms with van der Waals surface area (Å²) in [7, 11) is -0.983. The van der Waals surface area contributed by atoms with Crippen molar-refractivity contribution in [2.24, 2.45) is 13.0 Å². The standard InChI is InChI=1S/C14H23N5O3S/c1-18-10-16-17-13(18)12-3-2-5-19(8-12)14(20)15-7-11-4-6-23(21,22)9-11/h10-12H,2-9H2,1H3,(H,15,20)/t11-,12+/m1/s1. The Kier molecular flexibility index (Phi) is 4.56. The van der Waals surface area contributed by atoms with Crippen LogP contribution in [-0.2, 0) is 16.9 Å². The van der Waals surface area contributed by atoms with E-state index in [9.17, 15) is 13.2 Å². The first kappa shape index (κ1) is 16.2. The lowest BCUT2D eigenvalue weighted by Crippen LogP contribution is -2.46. The summed E-state index contributed by atoms with van der Waals surface area (Å²) in [4.78, 5) is 14.1. The number of nitrogens with one attached hydrogen (secondary N) is 1. The van der Waals surface area contributed by atoms with E-state index in [1.807, 2.05) is 11.6 Å². The van der Waals surface area contributed by atoms with Crippen molar-refractivity contribution in [1.82, 2.24) is 25.0 Å². The third-order valence-corrected chi connectivity index (χ3v) is 6.53. The van der Waals surface area contributed by atoms with Crippen molar-refractivity contribution in [3.05, 3.63) is 12.2 Å². The lowest BCUT2D eigenvalue weighted by atomic mass is 9.97. The normalized spacial score (nSPS) is 27.1. The molecule has 1 aromatic heterocycles. The monoisotopic (exact) mass is 341 g/mol. The summed E-state index contributed by atoms with van der Waals surface area (Å²) in [6.07, 6.45) is 4.25. The summed E-state index contributed by atoms with van der Waals surface area (Å²) in [6.45, 7) is 1.79. The number of hydrogen-bond donors (Lipinski definition) is 1. The predicted octanol–water partition coefficient (Wildman–Crippen LogP) is 0.139. The number of nitrogens with zero attached hydrogens (tertiary/aromatic N) is 4. The zero-order valence-corrected chi connectivity index (χ0v) is 14.1. The third kappa shape index (κ3) is 3.82. The molecule has 2 aliphatic heterocycles. The number of amides is 2. The number of hydrogen-bond acceptors (Lipinski definition) is 5. The van der Waals surface area contributed by atoms with Crippen LogP contribution in [0.3, 0.4) is 0 Å². The molecule has 23 heavy (non-hydrogen) atoms. The number of carbonyl (C=O) groups excluding carboxylic acids is 1. The summed E-state index contributed by atoms with van der Waals surface area (Å²) in [5.74, 6) is 1.59. The average molecular weight is 341 g/mol. The highest BCUT2D eigenvalue weighted by atomic mass is 32.2. The molecule has 2 aliphatic rings. The summed E-state index contributed by atoms with van der Waals surface area (Å²) < 4.78 is 24.8. The fourth-order valence-electron chi connectivity index (χ4n) is 3.41. The van der Waals surface area contributed by atoms with E-state index in [4.69, 9.17) is 0 Å². The molecule has 2 amide bonds. The Morgan fingerprint density at radius 1 is 1.43 bits per heavy atom. The van der Waals surface area contributed by atoms with E-state index in [0.29, 0.717) is 19.5 Å². The van der Waals surface area contributed by atoms with Gasteiger partial charge in [0.25, 0.3) is 0 Å².